The van der Waals surface area contributed by atoms with Crippen LogP contribution in [0.25, 0.3) is 0 Å². The Bertz CT molecular complexity index is 875. The minimum atomic E-state index is -4.54. The van der Waals surface area contributed by atoms with Gasteiger partial charge in [-0.05, 0) is 62.5 Å². The normalized spacial score (nSPS) is 14.2. The van der Waals surface area contributed by atoms with E-state index in [0.29, 0.717) is 30.3 Å². The number of nitrogens with one attached hydrogen (secondary N) is 2. The van der Waals surface area contributed by atoms with Crippen LogP contribution in [0.1, 0.15) is 47.7 Å². The predicted molar refractivity (Wildman–Crippen MR) is 109 cm³/mol. The second-order valence-electron chi connectivity index (χ2n) is 7.10. The highest BCUT2D eigenvalue weighted by Crippen LogP contribution is 2.46. The number of thiocarbonyl (C=S) groups is 1. The van der Waals surface area contributed by atoms with Gasteiger partial charge in [-0.1, -0.05) is 23.7 Å². The molecule has 0 aliphatic heterocycles. The van der Waals surface area contributed by atoms with Crippen LogP contribution in [-0.2, 0) is 12.7 Å². The summed E-state index contributed by atoms with van der Waals surface area (Å²) in [6.45, 7) is 4.85. The van der Waals surface area contributed by atoms with Crippen LogP contribution >= 0.6 is 23.8 Å². The fourth-order valence-electron chi connectivity index (χ4n) is 3.02. The molecule has 0 unspecified atom stereocenters. The second-order valence-corrected chi connectivity index (χ2v) is 7.88. The number of alkyl halides is 3. The number of halogens is 4. The quantitative estimate of drug-likeness (QED) is 0.474. The molecular weight excluding hydrogens is 409 g/mol. The molecule has 3 rings (SSSR count). The first-order chi connectivity index (χ1) is 13.2. The highest BCUT2D eigenvalue weighted by atomic mass is 35.5. The van der Waals surface area contributed by atoms with E-state index < -0.39 is 11.9 Å². The number of rotatable bonds is 6. The van der Waals surface area contributed by atoms with Gasteiger partial charge in [0.05, 0.1) is 10.7 Å². The van der Waals surface area contributed by atoms with Crippen molar-refractivity contribution in [2.45, 2.75) is 51.7 Å². The summed E-state index contributed by atoms with van der Waals surface area (Å²) in [5, 5.41) is 10.2. The highest BCUT2D eigenvalue weighted by molar-refractivity contribution is 7.80. The van der Waals surface area contributed by atoms with E-state index in [1.165, 1.54) is 4.68 Å². The largest absolute Gasteiger partial charge is 0.436 e. The highest BCUT2D eigenvalue weighted by Gasteiger charge is 2.41. The summed E-state index contributed by atoms with van der Waals surface area (Å²) in [7, 11) is 0. The molecule has 0 atom stereocenters. The summed E-state index contributed by atoms with van der Waals surface area (Å²) in [5.41, 5.74) is 2.65. The zero-order valence-electron chi connectivity index (χ0n) is 15.7. The number of nitrogens with zero attached hydrogens (tertiary/aromatic N) is 2. The van der Waals surface area contributed by atoms with Gasteiger partial charge in [-0.25, -0.2) is 0 Å². The van der Waals surface area contributed by atoms with Gasteiger partial charge < -0.3 is 10.6 Å². The Kier molecular flexibility index (Phi) is 6.19. The van der Waals surface area contributed by atoms with E-state index in [0.717, 1.165) is 29.7 Å². The van der Waals surface area contributed by atoms with Crippen molar-refractivity contribution in [1.29, 1.82) is 0 Å². The van der Waals surface area contributed by atoms with Gasteiger partial charge in [-0.2, -0.15) is 18.3 Å². The first kappa shape index (κ1) is 20.9. The molecule has 1 saturated carbocycles. The molecule has 28 heavy (non-hydrogen) atoms. The molecule has 0 bridgehead atoms. The molecule has 1 aromatic heterocycles. The molecule has 1 heterocycles. The maximum absolute atomic E-state index is 13.1. The Balaban J connectivity index is 1.55. The van der Waals surface area contributed by atoms with Gasteiger partial charge in [0.25, 0.3) is 0 Å². The zero-order valence-corrected chi connectivity index (χ0v) is 17.2. The van der Waals surface area contributed by atoms with Crippen LogP contribution in [0.3, 0.4) is 0 Å². The van der Waals surface area contributed by atoms with Gasteiger partial charge in [-0.3, -0.25) is 4.68 Å². The van der Waals surface area contributed by atoms with Gasteiger partial charge in [0, 0.05) is 24.7 Å². The van der Waals surface area contributed by atoms with Gasteiger partial charge in [0.2, 0.25) is 0 Å². The van der Waals surface area contributed by atoms with E-state index in [-0.39, 0.29) is 10.9 Å². The van der Waals surface area contributed by atoms with Gasteiger partial charge in [0.15, 0.2) is 10.8 Å². The lowest BCUT2D eigenvalue weighted by Gasteiger charge is -2.13. The lowest BCUT2D eigenvalue weighted by Crippen LogP contribution is -2.30. The van der Waals surface area contributed by atoms with Gasteiger partial charge >= 0.3 is 6.18 Å². The van der Waals surface area contributed by atoms with Crippen LogP contribution in [-0.4, -0.2) is 21.4 Å². The van der Waals surface area contributed by atoms with Crippen molar-refractivity contribution < 1.29 is 13.2 Å². The topological polar surface area (TPSA) is 41.9 Å². The van der Waals surface area contributed by atoms with E-state index in [1.54, 1.807) is 0 Å². The average molecular weight is 431 g/mol. The first-order valence-electron chi connectivity index (χ1n) is 9.12. The molecule has 0 spiro atoms. The van der Waals surface area contributed by atoms with Crippen molar-refractivity contribution in [3.05, 3.63) is 45.7 Å². The molecule has 1 fully saturated rings. The lowest BCUT2D eigenvalue weighted by molar-refractivity contribution is -0.141. The molecule has 1 aromatic carbocycles. The Hall–Kier alpha value is -1.80. The minimum Gasteiger partial charge on any atom is -0.362 e. The first-order valence-corrected chi connectivity index (χ1v) is 9.91. The van der Waals surface area contributed by atoms with Crippen molar-refractivity contribution in [2.75, 3.05) is 11.9 Å². The minimum absolute atomic E-state index is 0.0797. The standard InChI is InChI=1S/C19H22ClF3N4S/c1-11-4-5-12(2)14(10-11)25-18(28)24-8-3-9-27-16(13-6-7-13)15(20)17(26-27)19(21,22)23/h4-5,10,13H,3,6-9H2,1-2H3,(H2,24,25,28). The number of anilines is 1. The summed E-state index contributed by atoms with van der Waals surface area (Å²) in [6.07, 6.45) is -2.26. The monoisotopic (exact) mass is 430 g/mol. The van der Waals surface area contributed by atoms with Crippen LogP contribution in [0, 0.1) is 13.8 Å². The molecule has 2 aromatic rings. The van der Waals surface area contributed by atoms with Crippen molar-refractivity contribution in [1.82, 2.24) is 15.1 Å². The Morgan fingerprint density at radius 1 is 1.32 bits per heavy atom. The van der Waals surface area contributed by atoms with Crippen LogP contribution in [0.2, 0.25) is 5.02 Å². The molecule has 0 amide bonds. The Morgan fingerprint density at radius 3 is 2.68 bits per heavy atom. The van der Waals surface area contributed by atoms with Crippen molar-refractivity contribution in [3.8, 4) is 0 Å². The third-order valence-corrected chi connectivity index (χ3v) is 5.26. The fourth-order valence-corrected chi connectivity index (χ4v) is 3.63. The maximum Gasteiger partial charge on any atom is 0.436 e. The van der Waals surface area contributed by atoms with Crippen LogP contribution < -0.4 is 10.6 Å². The Labute approximate surface area is 172 Å². The van der Waals surface area contributed by atoms with Crippen LogP contribution in [0.5, 0.6) is 0 Å². The summed E-state index contributed by atoms with van der Waals surface area (Å²) in [6, 6.07) is 6.05. The zero-order chi connectivity index (χ0) is 20.5. The van der Waals surface area contributed by atoms with Crippen molar-refractivity contribution in [3.63, 3.8) is 0 Å². The summed E-state index contributed by atoms with van der Waals surface area (Å²) < 4.78 is 40.7. The van der Waals surface area contributed by atoms with Crippen molar-refractivity contribution in [2.24, 2.45) is 0 Å². The number of benzene rings is 1. The molecule has 2 N–H and O–H groups in total. The summed E-state index contributed by atoms with van der Waals surface area (Å²) in [4.78, 5) is 0. The molecule has 4 nitrogen and oxygen atoms in total. The molecule has 9 heteroatoms. The number of hydrogen-bond acceptors (Lipinski definition) is 2. The molecule has 1 aliphatic carbocycles. The fraction of sp³-hybridized carbons (Fsp3) is 0.474. The van der Waals surface area contributed by atoms with E-state index in [2.05, 4.69) is 15.7 Å². The number of hydrogen-bond donors (Lipinski definition) is 2. The average Bonchev–Trinajstić information content (AvgIpc) is 3.37. The molecule has 0 saturated heterocycles. The molecule has 1 aliphatic rings. The van der Waals surface area contributed by atoms with E-state index in [9.17, 15) is 13.2 Å². The molecule has 152 valence electrons. The maximum atomic E-state index is 13.1. The Morgan fingerprint density at radius 2 is 2.04 bits per heavy atom. The van der Waals surface area contributed by atoms with E-state index >= 15 is 0 Å². The second kappa shape index (κ2) is 8.29. The SMILES string of the molecule is Cc1ccc(C)c(NC(=S)NCCCn2nc(C(F)(F)F)c(Cl)c2C2CC2)c1. The smallest absolute Gasteiger partial charge is 0.362 e. The van der Waals surface area contributed by atoms with Gasteiger partial charge in [0.1, 0.15) is 0 Å². The van der Waals surface area contributed by atoms with E-state index in [1.807, 2.05) is 32.0 Å². The molecule has 0 radical (unpaired) electrons. The predicted octanol–water partition coefficient (Wildman–Crippen LogP) is 5.43. The van der Waals surface area contributed by atoms with Crippen LogP contribution in [0.4, 0.5) is 18.9 Å². The van der Waals surface area contributed by atoms with Crippen LogP contribution in [0.15, 0.2) is 18.2 Å². The van der Waals surface area contributed by atoms with E-state index in [4.69, 9.17) is 23.8 Å². The lowest BCUT2D eigenvalue weighted by atomic mass is 10.1. The van der Waals surface area contributed by atoms with Gasteiger partial charge in [-0.15, -0.1) is 0 Å². The number of aryl methyl sites for hydroxylation is 3. The third-order valence-electron chi connectivity index (χ3n) is 4.64. The number of aromatic nitrogens is 2. The molecular formula is C19H22ClF3N4S. The summed E-state index contributed by atoms with van der Waals surface area (Å²) in [5.74, 6) is 0.0797. The summed E-state index contributed by atoms with van der Waals surface area (Å²) >= 11 is 11.3. The van der Waals surface area contributed by atoms with Crippen molar-refractivity contribution >= 4 is 34.6 Å². The third kappa shape index (κ3) is 4.97.